The van der Waals surface area contributed by atoms with Gasteiger partial charge in [-0.05, 0) is 6.92 Å². The second kappa shape index (κ2) is 7.27. The molecule has 1 aromatic rings. The van der Waals surface area contributed by atoms with Crippen LogP contribution >= 0.6 is 0 Å². The van der Waals surface area contributed by atoms with Crippen LogP contribution in [0.5, 0.6) is 0 Å². The number of carbonyl (C=O) groups excluding carboxylic acids is 2. The van der Waals surface area contributed by atoms with Crippen molar-refractivity contribution in [3.8, 4) is 0 Å². The van der Waals surface area contributed by atoms with Crippen LogP contribution in [0.25, 0.3) is 0 Å². The number of anilines is 1. The lowest BCUT2D eigenvalue weighted by atomic mass is 10.2. The van der Waals surface area contributed by atoms with Crippen molar-refractivity contribution in [1.82, 2.24) is 0 Å². The molecule has 0 bridgehead atoms. The van der Waals surface area contributed by atoms with Crippen molar-refractivity contribution in [3.63, 3.8) is 0 Å². The maximum Gasteiger partial charge on any atom is 0.306 e. The number of esters is 1. The van der Waals surface area contributed by atoms with Gasteiger partial charge in [-0.25, -0.2) is 8.78 Å². The van der Waals surface area contributed by atoms with Gasteiger partial charge in [-0.15, -0.1) is 0 Å². The van der Waals surface area contributed by atoms with E-state index in [1.807, 2.05) is 5.32 Å². The summed E-state index contributed by atoms with van der Waals surface area (Å²) in [6, 6.07) is 0.901. The van der Waals surface area contributed by atoms with Crippen LogP contribution in [0.3, 0.4) is 0 Å². The number of hydrogen-bond donors (Lipinski definition) is 1. The van der Waals surface area contributed by atoms with Crippen LogP contribution in [0.15, 0.2) is 12.1 Å². The molecule has 114 valence electrons. The molecule has 0 aromatic heterocycles. The first-order valence-corrected chi connectivity index (χ1v) is 5.94. The average Bonchev–Trinajstić information content (AvgIpc) is 2.39. The first kappa shape index (κ1) is 16.5. The van der Waals surface area contributed by atoms with Crippen LogP contribution in [0.4, 0.5) is 20.2 Å². The molecule has 21 heavy (non-hydrogen) atoms. The summed E-state index contributed by atoms with van der Waals surface area (Å²) in [5.74, 6) is -3.85. The van der Waals surface area contributed by atoms with Crippen molar-refractivity contribution in [1.29, 1.82) is 0 Å². The topological polar surface area (TPSA) is 98.5 Å². The number of ether oxygens (including phenoxy) is 1. The average molecular weight is 302 g/mol. The van der Waals surface area contributed by atoms with E-state index in [-0.39, 0.29) is 19.4 Å². The molecule has 1 N–H and O–H groups in total. The second-order valence-corrected chi connectivity index (χ2v) is 3.89. The van der Waals surface area contributed by atoms with Gasteiger partial charge in [0.25, 0.3) is 5.69 Å². The third kappa shape index (κ3) is 4.79. The Kier molecular flexibility index (Phi) is 5.70. The predicted octanol–water partition coefficient (Wildman–Crippen LogP) is 2.15. The molecule has 0 heterocycles. The van der Waals surface area contributed by atoms with E-state index in [9.17, 15) is 28.5 Å². The fraction of sp³-hybridized carbons (Fsp3) is 0.333. The van der Waals surface area contributed by atoms with Crippen LogP contribution in [-0.4, -0.2) is 23.4 Å². The molecule has 9 heteroatoms. The molecule has 1 rings (SSSR count). The quantitative estimate of drug-likeness (QED) is 0.493. The number of amides is 1. The highest BCUT2D eigenvalue weighted by Crippen LogP contribution is 2.28. The fourth-order valence-electron chi connectivity index (χ4n) is 1.48. The van der Waals surface area contributed by atoms with Crippen LogP contribution in [0.2, 0.25) is 0 Å². The van der Waals surface area contributed by atoms with Gasteiger partial charge in [0.15, 0.2) is 11.5 Å². The van der Waals surface area contributed by atoms with Crippen molar-refractivity contribution in [2.45, 2.75) is 19.8 Å². The highest BCUT2D eigenvalue weighted by atomic mass is 19.1. The van der Waals surface area contributed by atoms with Gasteiger partial charge in [0.1, 0.15) is 5.82 Å². The molecule has 0 unspecified atom stereocenters. The SMILES string of the molecule is CCOC(=O)CCC(=O)Nc1c(F)cc(F)cc1[N+](=O)[O-]. The molecule has 1 amide bonds. The molecule has 1 aromatic carbocycles. The van der Waals surface area contributed by atoms with Crippen molar-refractivity contribution in [2.75, 3.05) is 11.9 Å². The number of rotatable bonds is 6. The Balaban J connectivity index is 2.80. The molecular formula is C12H12F2N2O5. The van der Waals surface area contributed by atoms with Crippen molar-refractivity contribution in [2.24, 2.45) is 0 Å². The minimum absolute atomic E-state index is 0.151. The third-order valence-corrected chi connectivity index (χ3v) is 2.36. The minimum Gasteiger partial charge on any atom is -0.466 e. The van der Waals surface area contributed by atoms with E-state index in [1.165, 1.54) is 0 Å². The first-order chi connectivity index (χ1) is 9.85. The van der Waals surface area contributed by atoms with E-state index >= 15 is 0 Å². The molecule has 0 fully saturated rings. The highest BCUT2D eigenvalue weighted by molar-refractivity contribution is 5.94. The largest absolute Gasteiger partial charge is 0.466 e. The summed E-state index contributed by atoms with van der Waals surface area (Å²) < 4.78 is 31.0. The van der Waals surface area contributed by atoms with Gasteiger partial charge in [0.05, 0.1) is 24.0 Å². The normalized spacial score (nSPS) is 10.0. The molecule has 7 nitrogen and oxygen atoms in total. The van der Waals surface area contributed by atoms with E-state index < -0.39 is 39.8 Å². The highest BCUT2D eigenvalue weighted by Gasteiger charge is 2.22. The van der Waals surface area contributed by atoms with Crippen LogP contribution in [-0.2, 0) is 14.3 Å². The molecule has 0 atom stereocenters. The predicted molar refractivity (Wildman–Crippen MR) is 67.5 cm³/mol. The van der Waals surface area contributed by atoms with Crippen molar-refractivity contribution >= 4 is 23.3 Å². The standard InChI is InChI=1S/C12H12F2N2O5/c1-2-21-11(18)4-3-10(17)15-12-8(14)5-7(13)6-9(12)16(19)20/h5-6H,2-4H2,1H3,(H,15,17). The summed E-state index contributed by atoms with van der Waals surface area (Å²) in [6.45, 7) is 1.74. The van der Waals surface area contributed by atoms with Gasteiger partial charge in [-0.3, -0.25) is 19.7 Å². The Labute approximate surface area is 118 Å². The Bertz CT molecular complexity index is 577. The van der Waals surface area contributed by atoms with E-state index in [0.29, 0.717) is 12.1 Å². The molecule has 0 aliphatic rings. The number of carbonyl (C=O) groups is 2. The summed E-state index contributed by atoms with van der Waals surface area (Å²) in [7, 11) is 0. The zero-order chi connectivity index (χ0) is 16.0. The van der Waals surface area contributed by atoms with Gasteiger partial charge in [-0.2, -0.15) is 0 Å². The zero-order valence-corrected chi connectivity index (χ0v) is 11.0. The van der Waals surface area contributed by atoms with Gasteiger partial charge in [0, 0.05) is 12.5 Å². The van der Waals surface area contributed by atoms with Gasteiger partial charge < -0.3 is 10.1 Å². The van der Waals surface area contributed by atoms with Crippen LogP contribution in [0.1, 0.15) is 19.8 Å². The number of nitrogens with one attached hydrogen (secondary N) is 1. The van der Waals surface area contributed by atoms with E-state index in [0.717, 1.165) is 0 Å². The Hall–Kier alpha value is -2.58. The van der Waals surface area contributed by atoms with E-state index in [2.05, 4.69) is 4.74 Å². The van der Waals surface area contributed by atoms with E-state index in [4.69, 9.17) is 0 Å². The molecule has 0 aliphatic carbocycles. The Morgan fingerprint density at radius 3 is 2.57 bits per heavy atom. The maximum atomic E-state index is 13.5. The lowest BCUT2D eigenvalue weighted by molar-refractivity contribution is -0.384. The second-order valence-electron chi connectivity index (χ2n) is 3.89. The zero-order valence-electron chi connectivity index (χ0n) is 11.0. The summed E-state index contributed by atoms with van der Waals surface area (Å²) in [5, 5.41) is 12.7. The first-order valence-electron chi connectivity index (χ1n) is 5.94. The smallest absolute Gasteiger partial charge is 0.306 e. The summed E-state index contributed by atoms with van der Waals surface area (Å²) in [5.41, 5.74) is -1.65. The Morgan fingerprint density at radius 1 is 1.33 bits per heavy atom. The molecule has 0 aliphatic heterocycles. The number of hydrogen-bond acceptors (Lipinski definition) is 5. The molecule has 0 saturated heterocycles. The monoisotopic (exact) mass is 302 g/mol. The summed E-state index contributed by atoms with van der Waals surface area (Å²) in [6.07, 6.45) is -0.594. The molecule has 0 saturated carbocycles. The lowest BCUT2D eigenvalue weighted by Gasteiger charge is -2.07. The van der Waals surface area contributed by atoms with Gasteiger partial charge in [-0.1, -0.05) is 0 Å². The lowest BCUT2D eigenvalue weighted by Crippen LogP contribution is -2.16. The number of nitro groups is 1. The molecular weight excluding hydrogens is 290 g/mol. The number of nitro benzene ring substituents is 1. The van der Waals surface area contributed by atoms with Gasteiger partial charge >= 0.3 is 5.97 Å². The fourth-order valence-corrected chi connectivity index (χ4v) is 1.48. The van der Waals surface area contributed by atoms with Crippen LogP contribution in [0, 0.1) is 21.7 Å². The van der Waals surface area contributed by atoms with Crippen molar-refractivity contribution < 1.29 is 28.0 Å². The maximum absolute atomic E-state index is 13.5. The van der Waals surface area contributed by atoms with Crippen molar-refractivity contribution in [3.05, 3.63) is 33.9 Å². The summed E-state index contributed by atoms with van der Waals surface area (Å²) in [4.78, 5) is 32.3. The minimum atomic E-state index is -1.27. The number of nitrogens with zero attached hydrogens (tertiary/aromatic N) is 1. The summed E-state index contributed by atoms with van der Waals surface area (Å²) >= 11 is 0. The molecule has 0 spiro atoms. The number of halogens is 2. The van der Waals surface area contributed by atoms with E-state index in [1.54, 1.807) is 6.92 Å². The molecule has 0 radical (unpaired) electrons. The third-order valence-electron chi connectivity index (χ3n) is 2.36. The van der Waals surface area contributed by atoms with Gasteiger partial charge in [0.2, 0.25) is 5.91 Å². The van der Waals surface area contributed by atoms with Crippen LogP contribution < -0.4 is 5.32 Å². The number of benzene rings is 1. The Morgan fingerprint density at radius 2 is 2.00 bits per heavy atom.